The van der Waals surface area contributed by atoms with E-state index < -0.39 is 0 Å². The topological polar surface area (TPSA) is 21.3 Å². The number of rotatable bonds is 4. The highest BCUT2D eigenvalue weighted by atomic mass is 16.5. The summed E-state index contributed by atoms with van der Waals surface area (Å²) in [5.74, 6) is 0.737. The van der Waals surface area contributed by atoms with E-state index in [1.807, 2.05) is 0 Å². The minimum Gasteiger partial charge on any atom is -0.376 e. The summed E-state index contributed by atoms with van der Waals surface area (Å²) in [5.41, 5.74) is 2.57. The minimum atomic E-state index is 0.737. The fraction of sp³-hybridized carbons (Fsp3) is 0.500. The van der Waals surface area contributed by atoms with Crippen LogP contribution in [0.25, 0.3) is 0 Å². The van der Waals surface area contributed by atoms with Crippen molar-refractivity contribution in [1.29, 1.82) is 0 Å². The third-order valence-electron chi connectivity index (χ3n) is 2.61. The first-order valence-electron chi connectivity index (χ1n) is 5.18. The van der Waals surface area contributed by atoms with Gasteiger partial charge in [0.2, 0.25) is 0 Å². The van der Waals surface area contributed by atoms with E-state index in [9.17, 15) is 0 Å². The Morgan fingerprint density at radius 2 is 2.00 bits per heavy atom. The zero-order chi connectivity index (χ0) is 9.80. The molecule has 2 rings (SSSR count). The molecule has 76 valence electrons. The normalized spacial score (nSPS) is 16.6. The van der Waals surface area contributed by atoms with Crippen LogP contribution in [0.15, 0.2) is 24.3 Å². The van der Waals surface area contributed by atoms with Crippen LogP contribution in [0.5, 0.6) is 0 Å². The Morgan fingerprint density at radius 3 is 2.57 bits per heavy atom. The molecular formula is C12H17NO. The van der Waals surface area contributed by atoms with Crippen molar-refractivity contribution in [2.75, 3.05) is 19.7 Å². The highest BCUT2D eigenvalue weighted by Crippen LogP contribution is 2.07. The van der Waals surface area contributed by atoms with Crippen molar-refractivity contribution < 1.29 is 4.74 Å². The van der Waals surface area contributed by atoms with Crippen LogP contribution >= 0.6 is 0 Å². The second kappa shape index (κ2) is 4.58. The molecule has 1 saturated heterocycles. The SMILES string of the molecule is Cc1ccc(COCC2CNC2)cc1. The van der Waals surface area contributed by atoms with E-state index in [-0.39, 0.29) is 0 Å². The van der Waals surface area contributed by atoms with Crippen molar-refractivity contribution in [2.45, 2.75) is 13.5 Å². The molecule has 0 saturated carbocycles. The van der Waals surface area contributed by atoms with E-state index >= 15 is 0 Å². The number of hydrogen-bond acceptors (Lipinski definition) is 2. The van der Waals surface area contributed by atoms with Crippen LogP contribution in [-0.4, -0.2) is 19.7 Å². The molecule has 1 aliphatic heterocycles. The third kappa shape index (κ3) is 2.56. The summed E-state index contributed by atoms with van der Waals surface area (Å²) >= 11 is 0. The van der Waals surface area contributed by atoms with Crippen LogP contribution < -0.4 is 5.32 Å². The molecule has 1 fully saturated rings. The van der Waals surface area contributed by atoms with Gasteiger partial charge in [-0.25, -0.2) is 0 Å². The van der Waals surface area contributed by atoms with Gasteiger partial charge in [0.15, 0.2) is 0 Å². The van der Waals surface area contributed by atoms with Gasteiger partial charge in [-0.15, -0.1) is 0 Å². The molecule has 0 bridgehead atoms. The van der Waals surface area contributed by atoms with Crippen molar-refractivity contribution in [1.82, 2.24) is 5.32 Å². The summed E-state index contributed by atoms with van der Waals surface area (Å²) in [6.07, 6.45) is 0. The van der Waals surface area contributed by atoms with Gasteiger partial charge in [0.25, 0.3) is 0 Å². The molecule has 14 heavy (non-hydrogen) atoms. The first-order valence-corrected chi connectivity index (χ1v) is 5.18. The Bertz CT molecular complexity index is 277. The van der Waals surface area contributed by atoms with E-state index in [2.05, 4.69) is 36.5 Å². The second-order valence-electron chi connectivity index (χ2n) is 4.03. The van der Waals surface area contributed by atoms with E-state index in [0.29, 0.717) is 0 Å². The molecule has 1 N–H and O–H groups in total. The summed E-state index contributed by atoms with van der Waals surface area (Å²) in [4.78, 5) is 0. The number of ether oxygens (including phenoxy) is 1. The average molecular weight is 191 g/mol. The van der Waals surface area contributed by atoms with E-state index in [0.717, 1.165) is 32.2 Å². The molecule has 0 aliphatic carbocycles. The quantitative estimate of drug-likeness (QED) is 0.782. The standard InChI is InChI=1S/C12H17NO/c1-10-2-4-11(5-3-10)8-14-9-12-6-13-7-12/h2-5,12-13H,6-9H2,1H3. The molecule has 1 aromatic rings. The number of benzene rings is 1. The Morgan fingerprint density at radius 1 is 1.29 bits per heavy atom. The summed E-state index contributed by atoms with van der Waals surface area (Å²) in [6, 6.07) is 8.52. The number of aryl methyl sites for hydroxylation is 1. The van der Waals surface area contributed by atoms with Crippen LogP contribution in [0.3, 0.4) is 0 Å². The van der Waals surface area contributed by atoms with E-state index in [1.165, 1.54) is 11.1 Å². The maximum atomic E-state index is 5.62. The smallest absolute Gasteiger partial charge is 0.0717 e. The number of nitrogens with one attached hydrogen (secondary N) is 1. The minimum absolute atomic E-state index is 0.737. The molecule has 1 aliphatic rings. The van der Waals surface area contributed by atoms with Crippen LogP contribution in [0.1, 0.15) is 11.1 Å². The zero-order valence-electron chi connectivity index (χ0n) is 8.62. The van der Waals surface area contributed by atoms with E-state index in [1.54, 1.807) is 0 Å². The molecule has 0 radical (unpaired) electrons. The molecule has 1 aromatic carbocycles. The van der Waals surface area contributed by atoms with Crippen molar-refractivity contribution in [3.8, 4) is 0 Å². The monoisotopic (exact) mass is 191 g/mol. The van der Waals surface area contributed by atoms with E-state index in [4.69, 9.17) is 4.74 Å². The Balaban J connectivity index is 1.71. The van der Waals surface area contributed by atoms with Gasteiger partial charge < -0.3 is 10.1 Å². The lowest BCUT2D eigenvalue weighted by Gasteiger charge is -2.26. The summed E-state index contributed by atoms with van der Waals surface area (Å²) < 4.78 is 5.62. The Labute approximate surface area is 85.3 Å². The van der Waals surface area contributed by atoms with Crippen molar-refractivity contribution in [3.63, 3.8) is 0 Å². The molecular weight excluding hydrogens is 174 g/mol. The van der Waals surface area contributed by atoms with Gasteiger partial charge in [-0.05, 0) is 12.5 Å². The Hall–Kier alpha value is -0.860. The molecule has 0 atom stereocenters. The molecule has 1 heterocycles. The highest BCUT2D eigenvalue weighted by Gasteiger charge is 2.16. The van der Waals surface area contributed by atoms with Gasteiger partial charge in [-0.2, -0.15) is 0 Å². The Kier molecular flexibility index (Phi) is 3.17. The van der Waals surface area contributed by atoms with Gasteiger partial charge in [-0.3, -0.25) is 0 Å². The van der Waals surface area contributed by atoms with Gasteiger partial charge in [-0.1, -0.05) is 29.8 Å². The van der Waals surface area contributed by atoms with Gasteiger partial charge >= 0.3 is 0 Å². The largest absolute Gasteiger partial charge is 0.376 e. The molecule has 2 nitrogen and oxygen atoms in total. The lowest BCUT2D eigenvalue weighted by molar-refractivity contribution is 0.0689. The number of hydrogen-bond donors (Lipinski definition) is 1. The third-order valence-corrected chi connectivity index (χ3v) is 2.61. The van der Waals surface area contributed by atoms with Crippen LogP contribution in [0.4, 0.5) is 0 Å². The maximum Gasteiger partial charge on any atom is 0.0717 e. The molecule has 0 unspecified atom stereocenters. The average Bonchev–Trinajstić information content (AvgIpc) is 2.12. The fourth-order valence-electron chi connectivity index (χ4n) is 1.49. The van der Waals surface area contributed by atoms with Gasteiger partial charge in [0.1, 0.15) is 0 Å². The first kappa shape index (κ1) is 9.69. The predicted octanol–water partition coefficient (Wildman–Crippen LogP) is 1.73. The van der Waals surface area contributed by atoms with Gasteiger partial charge in [0, 0.05) is 19.0 Å². The second-order valence-corrected chi connectivity index (χ2v) is 4.03. The first-order chi connectivity index (χ1) is 6.84. The predicted molar refractivity (Wildman–Crippen MR) is 57.2 cm³/mol. The van der Waals surface area contributed by atoms with Crippen molar-refractivity contribution in [2.24, 2.45) is 5.92 Å². The highest BCUT2D eigenvalue weighted by molar-refractivity contribution is 5.20. The van der Waals surface area contributed by atoms with Gasteiger partial charge in [0.05, 0.1) is 13.2 Å². The molecule has 0 spiro atoms. The van der Waals surface area contributed by atoms with Crippen molar-refractivity contribution in [3.05, 3.63) is 35.4 Å². The summed E-state index contributed by atoms with van der Waals surface area (Å²) in [5, 5.41) is 3.24. The summed E-state index contributed by atoms with van der Waals surface area (Å²) in [7, 11) is 0. The lowest BCUT2D eigenvalue weighted by Crippen LogP contribution is -2.44. The van der Waals surface area contributed by atoms with Crippen molar-refractivity contribution >= 4 is 0 Å². The van der Waals surface area contributed by atoms with Crippen LogP contribution in [0.2, 0.25) is 0 Å². The van der Waals surface area contributed by atoms with Crippen LogP contribution in [0, 0.1) is 12.8 Å². The van der Waals surface area contributed by atoms with Crippen LogP contribution in [-0.2, 0) is 11.3 Å². The zero-order valence-corrected chi connectivity index (χ0v) is 8.62. The molecule has 2 heteroatoms. The molecule has 0 amide bonds. The fourth-order valence-corrected chi connectivity index (χ4v) is 1.49. The molecule has 0 aromatic heterocycles. The summed E-state index contributed by atoms with van der Waals surface area (Å²) in [6.45, 7) is 5.98. The lowest BCUT2D eigenvalue weighted by atomic mass is 10.1. The maximum absolute atomic E-state index is 5.62.